The molecule has 2 aromatic rings. The van der Waals surface area contributed by atoms with E-state index in [-0.39, 0.29) is 0 Å². The molecule has 1 aromatic carbocycles. The second-order valence-corrected chi connectivity index (χ2v) is 5.97. The Labute approximate surface area is 119 Å². The van der Waals surface area contributed by atoms with Crippen LogP contribution in [0.25, 0.3) is 0 Å². The van der Waals surface area contributed by atoms with Crippen LogP contribution < -0.4 is 10.2 Å². The highest BCUT2D eigenvalue weighted by molar-refractivity contribution is 7.07. The van der Waals surface area contributed by atoms with Crippen molar-refractivity contribution in [2.24, 2.45) is 0 Å². The van der Waals surface area contributed by atoms with Gasteiger partial charge in [0.15, 0.2) is 0 Å². The Morgan fingerprint density at radius 2 is 1.95 bits per heavy atom. The van der Waals surface area contributed by atoms with Crippen molar-refractivity contribution in [3.63, 3.8) is 0 Å². The molecular formula is C16H20N2S. The van der Waals surface area contributed by atoms with Crippen molar-refractivity contribution < 1.29 is 0 Å². The molecule has 0 amide bonds. The smallest absolute Gasteiger partial charge is 0.0440 e. The lowest BCUT2D eigenvalue weighted by atomic mass is 10.2. The number of anilines is 1. The van der Waals surface area contributed by atoms with Gasteiger partial charge in [0.25, 0.3) is 0 Å². The maximum atomic E-state index is 3.19. The summed E-state index contributed by atoms with van der Waals surface area (Å²) in [5.41, 5.74) is 4.13. The van der Waals surface area contributed by atoms with Crippen molar-refractivity contribution in [3.05, 3.63) is 52.2 Å². The minimum absolute atomic E-state index is 0.745. The number of rotatable bonds is 6. The van der Waals surface area contributed by atoms with E-state index >= 15 is 0 Å². The van der Waals surface area contributed by atoms with Gasteiger partial charge in [-0.25, -0.2) is 0 Å². The van der Waals surface area contributed by atoms with Gasteiger partial charge in [-0.1, -0.05) is 12.1 Å². The van der Waals surface area contributed by atoms with Crippen LogP contribution in [0.3, 0.4) is 0 Å². The van der Waals surface area contributed by atoms with Gasteiger partial charge in [-0.3, -0.25) is 0 Å². The lowest BCUT2D eigenvalue weighted by molar-refractivity contribution is 0.792. The largest absolute Gasteiger partial charge is 0.364 e. The molecule has 0 bridgehead atoms. The molecule has 1 aliphatic rings. The number of hydrogen-bond acceptors (Lipinski definition) is 3. The fourth-order valence-electron chi connectivity index (χ4n) is 2.41. The third-order valence-corrected chi connectivity index (χ3v) is 4.30. The summed E-state index contributed by atoms with van der Waals surface area (Å²) in [4.78, 5) is 2.55. The number of nitrogens with zero attached hydrogens (tertiary/aromatic N) is 1. The van der Waals surface area contributed by atoms with E-state index in [1.165, 1.54) is 29.7 Å². The van der Waals surface area contributed by atoms with Crippen LogP contribution >= 0.6 is 11.3 Å². The summed E-state index contributed by atoms with van der Waals surface area (Å²) >= 11 is 1.78. The zero-order valence-electron chi connectivity index (χ0n) is 11.3. The van der Waals surface area contributed by atoms with Crippen LogP contribution in [0, 0.1) is 0 Å². The summed E-state index contributed by atoms with van der Waals surface area (Å²) in [6.45, 7) is 1.98. The Morgan fingerprint density at radius 1 is 1.16 bits per heavy atom. The minimum Gasteiger partial charge on any atom is -0.364 e. The molecule has 3 rings (SSSR count). The average Bonchev–Trinajstić information content (AvgIpc) is 3.15. The van der Waals surface area contributed by atoms with E-state index in [1.807, 2.05) is 7.05 Å². The summed E-state index contributed by atoms with van der Waals surface area (Å²) in [5.74, 6) is 0. The first-order chi connectivity index (χ1) is 9.36. The Hall–Kier alpha value is -1.32. The minimum atomic E-state index is 0.745. The van der Waals surface area contributed by atoms with Gasteiger partial charge in [-0.2, -0.15) is 11.3 Å². The van der Waals surface area contributed by atoms with Crippen molar-refractivity contribution in [2.75, 3.05) is 11.9 Å². The maximum absolute atomic E-state index is 3.19. The highest BCUT2D eigenvalue weighted by Gasteiger charge is 2.29. The zero-order valence-corrected chi connectivity index (χ0v) is 12.1. The Balaban J connectivity index is 1.76. The lowest BCUT2D eigenvalue weighted by Crippen LogP contribution is -2.24. The van der Waals surface area contributed by atoms with Crippen molar-refractivity contribution in [1.29, 1.82) is 0 Å². The second kappa shape index (κ2) is 5.76. The van der Waals surface area contributed by atoms with Gasteiger partial charge in [0, 0.05) is 24.8 Å². The first kappa shape index (κ1) is 12.7. The molecule has 1 aromatic heterocycles. The summed E-state index contributed by atoms with van der Waals surface area (Å²) in [5, 5.41) is 7.61. The Morgan fingerprint density at radius 3 is 2.53 bits per heavy atom. The molecule has 0 radical (unpaired) electrons. The summed E-state index contributed by atoms with van der Waals surface area (Å²) in [6, 6.07) is 12.0. The monoisotopic (exact) mass is 272 g/mol. The third-order valence-electron chi connectivity index (χ3n) is 3.57. The van der Waals surface area contributed by atoms with Gasteiger partial charge in [-0.05, 0) is 60.0 Å². The van der Waals surface area contributed by atoms with Crippen LogP contribution in [0.1, 0.15) is 24.0 Å². The van der Waals surface area contributed by atoms with Crippen molar-refractivity contribution in [2.45, 2.75) is 32.0 Å². The van der Waals surface area contributed by atoms with E-state index in [1.54, 1.807) is 11.3 Å². The molecule has 1 heterocycles. The molecule has 0 unspecified atom stereocenters. The topological polar surface area (TPSA) is 15.3 Å². The van der Waals surface area contributed by atoms with Crippen LogP contribution in [-0.2, 0) is 13.1 Å². The normalized spacial score (nSPS) is 14.6. The SMILES string of the molecule is CNCc1ccc(N(Cc2ccsc2)C2CC2)cc1. The van der Waals surface area contributed by atoms with Gasteiger partial charge in [0.05, 0.1) is 0 Å². The van der Waals surface area contributed by atoms with Crippen molar-refractivity contribution >= 4 is 17.0 Å². The van der Waals surface area contributed by atoms with Crippen molar-refractivity contribution in [3.8, 4) is 0 Å². The van der Waals surface area contributed by atoms with Crippen LogP contribution in [0.5, 0.6) is 0 Å². The third kappa shape index (κ3) is 3.17. The number of thiophene rings is 1. The van der Waals surface area contributed by atoms with Gasteiger partial charge in [0.1, 0.15) is 0 Å². The van der Waals surface area contributed by atoms with Gasteiger partial charge in [-0.15, -0.1) is 0 Å². The number of nitrogens with one attached hydrogen (secondary N) is 1. The van der Waals surface area contributed by atoms with E-state index in [0.29, 0.717) is 0 Å². The highest BCUT2D eigenvalue weighted by atomic mass is 32.1. The van der Waals surface area contributed by atoms with Crippen molar-refractivity contribution in [1.82, 2.24) is 5.32 Å². The van der Waals surface area contributed by atoms with Gasteiger partial charge < -0.3 is 10.2 Å². The molecular weight excluding hydrogens is 252 g/mol. The van der Waals surface area contributed by atoms with E-state index in [2.05, 4.69) is 51.3 Å². The number of benzene rings is 1. The molecule has 100 valence electrons. The zero-order chi connectivity index (χ0) is 13.1. The summed E-state index contributed by atoms with van der Waals surface area (Å²) < 4.78 is 0. The van der Waals surface area contributed by atoms with E-state index in [0.717, 1.165) is 19.1 Å². The first-order valence-corrected chi connectivity index (χ1v) is 7.82. The molecule has 0 saturated heterocycles. The van der Waals surface area contributed by atoms with E-state index < -0.39 is 0 Å². The summed E-state index contributed by atoms with van der Waals surface area (Å²) in [7, 11) is 1.99. The molecule has 0 spiro atoms. The predicted molar refractivity (Wildman–Crippen MR) is 82.7 cm³/mol. The standard InChI is InChI=1S/C16H20N2S/c1-17-10-13-2-4-15(5-3-13)18(16-6-7-16)11-14-8-9-19-12-14/h2-5,8-9,12,16-17H,6-7,10-11H2,1H3. The first-order valence-electron chi connectivity index (χ1n) is 6.88. The molecule has 3 heteroatoms. The van der Waals surface area contributed by atoms with Crippen LogP contribution in [0.2, 0.25) is 0 Å². The molecule has 1 aliphatic carbocycles. The van der Waals surface area contributed by atoms with Gasteiger partial charge in [0.2, 0.25) is 0 Å². The molecule has 1 fully saturated rings. The average molecular weight is 272 g/mol. The molecule has 0 aliphatic heterocycles. The fraction of sp³-hybridized carbons (Fsp3) is 0.375. The lowest BCUT2D eigenvalue weighted by Gasteiger charge is -2.24. The predicted octanol–water partition coefficient (Wildman–Crippen LogP) is 3.64. The Bertz CT molecular complexity index is 500. The Kier molecular flexibility index (Phi) is 3.85. The molecule has 1 saturated carbocycles. The van der Waals surface area contributed by atoms with Crippen LogP contribution in [-0.4, -0.2) is 13.1 Å². The van der Waals surface area contributed by atoms with Gasteiger partial charge >= 0.3 is 0 Å². The molecule has 19 heavy (non-hydrogen) atoms. The second-order valence-electron chi connectivity index (χ2n) is 5.19. The maximum Gasteiger partial charge on any atom is 0.0440 e. The van der Waals surface area contributed by atoms with Crippen LogP contribution in [0.4, 0.5) is 5.69 Å². The van der Waals surface area contributed by atoms with E-state index in [9.17, 15) is 0 Å². The summed E-state index contributed by atoms with van der Waals surface area (Å²) in [6.07, 6.45) is 2.67. The molecule has 2 nitrogen and oxygen atoms in total. The molecule has 0 atom stereocenters. The highest BCUT2D eigenvalue weighted by Crippen LogP contribution is 2.33. The quantitative estimate of drug-likeness (QED) is 0.863. The number of hydrogen-bond donors (Lipinski definition) is 1. The van der Waals surface area contributed by atoms with Crippen LogP contribution in [0.15, 0.2) is 41.1 Å². The van der Waals surface area contributed by atoms with E-state index in [4.69, 9.17) is 0 Å². The molecule has 1 N–H and O–H groups in total. The fourth-order valence-corrected chi connectivity index (χ4v) is 3.07.